The molecule has 1 fully saturated rings. The number of allylic oxidation sites excluding steroid dienone is 2. The van der Waals surface area contributed by atoms with Crippen LogP contribution in [-0.4, -0.2) is 50.1 Å². The van der Waals surface area contributed by atoms with Gasteiger partial charge in [-0.05, 0) is 42.9 Å². The number of nitrogens with one attached hydrogen (secondary N) is 2. The Kier molecular flexibility index (Phi) is 8.65. The SMILES string of the molecule is COC(=O)[C@H](CC(C)C)NC(=O)[C@@H]1[C@@H](C(=O)N[C@@H](CC(C)C)C(=O)OC)[C@H]2C=C[C@@H]1C2. The van der Waals surface area contributed by atoms with Gasteiger partial charge in [0.2, 0.25) is 11.8 Å². The molecule has 0 unspecified atom stereocenters. The van der Waals surface area contributed by atoms with Gasteiger partial charge in [-0.3, -0.25) is 9.59 Å². The maximum absolute atomic E-state index is 13.2. The van der Waals surface area contributed by atoms with Crippen LogP contribution >= 0.6 is 0 Å². The van der Waals surface area contributed by atoms with Gasteiger partial charge in [-0.1, -0.05) is 39.8 Å². The topological polar surface area (TPSA) is 111 Å². The van der Waals surface area contributed by atoms with Crippen LogP contribution in [0.4, 0.5) is 0 Å². The molecule has 31 heavy (non-hydrogen) atoms. The molecule has 0 radical (unpaired) electrons. The number of methoxy groups -OCH3 is 2. The molecule has 2 bridgehead atoms. The molecule has 2 aliphatic rings. The third-order valence-electron chi connectivity index (χ3n) is 6.08. The van der Waals surface area contributed by atoms with Crippen molar-refractivity contribution in [1.82, 2.24) is 10.6 Å². The minimum absolute atomic E-state index is 0.0697. The van der Waals surface area contributed by atoms with Gasteiger partial charge in [0.15, 0.2) is 0 Å². The summed E-state index contributed by atoms with van der Waals surface area (Å²) < 4.78 is 9.69. The molecular weight excluding hydrogens is 400 g/mol. The summed E-state index contributed by atoms with van der Waals surface area (Å²) in [5.74, 6) is -2.61. The zero-order chi connectivity index (χ0) is 23.3. The van der Waals surface area contributed by atoms with Gasteiger partial charge in [0.1, 0.15) is 12.1 Å². The van der Waals surface area contributed by atoms with E-state index in [1.54, 1.807) is 0 Å². The maximum Gasteiger partial charge on any atom is 0.328 e. The highest BCUT2D eigenvalue weighted by molar-refractivity contribution is 5.93. The molecule has 0 aliphatic heterocycles. The van der Waals surface area contributed by atoms with Crippen molar-refractivity contribution in [2.24, 2.45) is 35.5 Å². The van der Waals surface area contributed by atoms with Crippen LogP contribution in [-0.2, 0) is 28.7 Å². The van der Waals surface area contributed by atoms with Crippen LogP contribution in [0.3, 0.4) is 0 Å². The summed E-state index contributed by atoms with van der Waals surface area (Å²) in [4.78, 5) is 50.7. The van der Waals surface area contributed by atoms with Crippen molar-refractivity contribution in [3.8, 4) is 0 Å². The summed E-state index contributed by atoms with van der Waals surface area (Å²) in [6, 6.07) is -1.51. The molecule has 6 atom stereocenters. The Morgan fingerprint density at radius 2 is 1.13 bits per heavy atom. The lowest BCUT2D eigenvalue weighted by atomic mass is 9.81. The van der Waals surface area contributed by atoms with E-state index in [2.05, 4.69) is 10.6 Å². The summed E-state index contributed by atoms with van der Waals surface area (Å²) >= 11 is 0. The minimum atomic E-state index is -0.756. The van der Waals surface area contributed by atoms with Gasteiger partial charge >= 0.3 is 11.9 Å². The van der Waals surface area contributed by atoms with Gasteiger partial charge < -0.3 is 20.1 Å². The van der Waals surface area contributed by atoms with Crippen molar-refractivity contribution >= 4 is 23.8 Å². The first kappa shape index (κ1) is 24.9. The molecule has 0 heterocycles. The largest absolute Gasteiger partial charge is 0.467 e. The van der Waals surface area contributed by atoms with Crippen molar-refractivity contribution in [1.29, 1.82) is 0 Å². The van der Waals surface area contributed by atoms with E-state index >= 15 is 0 Å². The van der Waals surface area contributed by atoms with Crippen LogP contribution in [0, 0.1) is 35.5 Å². The van der Waals surface area contributed by atoms with Gasteiger partial charge in [0.25, 0.3) is 0 Å². The lowest BCUT2D eigenvalue weighted by Crippen LogP contribution is -2.51. The number of rotatable bonds is 10. The van der Waals surface area contributed by atoms with E-state index in [1.807, 2.05) is 39.8 Å². The highest BCUT2D eigenvalue weighted by Crippen LogP contribution is 2.48. The molecule has 2 N–H and O–H groups in total. The lowest BCUT2D eigenvalue weighted by Gasteiger charge is -2.29. The fourth-order valence-electron chi connectivity index (χ4n) is 4.73. The molecule has 0 aromatic carbocycles. The molecule has 0 aromatic heterocycles. The van der Waals surface area contributed by atoms with Crippen molar-refractivity contribution in [3.63, 3.8) is 0 Å². The van der Waals surface area contributed by atoms with E-state index < -0.39 is 35.9 Å². The van der Waals surface area contributed by atoms with Crippen LogP contribution in [0.5, 0.6) is 0 Å². The van der Waals surface area contributed by atoms with Crippen molar-refractivity contribution in [2.45, 2.75) is 59.0 Å². The monoisotopic (exact) mass is 436 g/mol. The van der Waals surface area contributed by atoms with Gasteiger partial charge in [-0.25, -0.2) is 9.59 Å². The number of hydrogen-bond donors (Lipinski definition) is 2. The Balaban J connectivity index is 2.17. The van der Waals surface area contributed by atoms with Crippen LogP contribution in [0.2, 0.25) is 0 Å². The van der Waals surface area contributed by atoms with E-state index in [1.165, 1.54) is 14.2 Å². The molecule has 2 aliphatic carbocycles. The molecule has 8 heteroatoms. The summed E-state index contributed by atoms with van der Waals surface area (Å²) in [5, 5.41) is 5.62. The zero-order valence-electron chi connectivity index (χ0n) is 19.3. The van der Waals surface area contributed by atoms with Crippen LogP contribution in [0.15, 0.2) is 12.2 Å². The molecule has 1 saturated carbocycles. The molecular formula is C23H36N2O6. The van der Waals surface area contributed by atoms with Gasteiger partial charge in [0.05, 0.1) is 26.1 Å². The fraction of sp³-hybridized carbons (Fsp3) is 0.739. The first-order chi connectivity index (χ1) is 14.6. The Hall–Kier alpha value is -2.38. The van der Waals surface area contributed by atoms with Crippen LogP contribution in [0.25, 0.3) is 0 Å². The predicted molar refractivity (Wildman–Crippen MR) is 115 cm³/mol. The standard InChI is InChI=1S/C23H36N2O6/c1-12(2)9-16(22(28)30-5)24-20(26)18-14-7-8-15(11-14)19(18)21(27)25-17(10-13(3)4)23(29)31-6/h7-8,12-19H,9-11H2,1-6H3,(H,24,26)(H,25,27)/t14-,15+,16-,17-,18-,19-/m0/s1. The zero-order valence-corrected chi connectivity index (χ0v) is 19.3. The third kappa shape index (κ3) is 6.08. The molecule has 8 nitrogen and oxygen atoms in total. The molecule has 0 saturated heterocycles. The average molecular weight is 437 g/mol. The molecule has 0 aromatic rings. The van der Waals surface area contributed by atoms with E-state index in [9.17, 15) is 19.2 Å². The summed E-state index contributed by atoms with van der Waals surface area (Å²) in [6.07, 6.45) is 5.55. The van der Waals surface area contributed by atoms with Crippen molar-refractivity contribution in [3.05, 3.63) is 12.2 Å². The number of amides is 2. The van der Waals surface area contributed by atoms with E-state index in [4.69, 9.17) is 9.47 Å². The van der Waals surface area contributed by atoms with Crippen LogP contribution in [0.1, 0.15) is 47.0 Å². The number of hydrogen-bond acceptors (Lipinski definition) is 6. The number of carbonyl (C=O) groups excluding carboxylic acids is 4. The van der Waals surface area contributed by atoms with Crippen molar-refractivity contribution < 1.29 is 28.7 Å². The smallest absolute Gasteiger partial charge is 0.328 e. The van der Waals surface area contributed by atoms with Crippen molar-refractivity contribution in [2.75, 3.05) is 14.2 Å². The Morgan fingerprint density at radius 3 is 1.42 bits per heavy atom. The summed E-state index contributed by atoms with van der Waals surface area (Å²) in [6.45, 7) is 7.83. The second-order valence-corrected chi connectivity index (χ2v) is 9.43. The third-order valence-corrected chi connectivity index (χ3v) is 6.08. The minimum Gasteiger partial charge on any atom is -0.467 e. The second-order valence-electron chi connectivity index (χ2n) is 9.43. The van der Waals surface area contributed by atoms with Crippen LogP contribution < -0.4 is 10.6 Å². The van der Waals surface area contributed by atoms with E-state index in [-0.39, 0.29) is 35.5 Å². The quantitative estimate of drug-likeness (QED) is 0.399. The normalized spacial score (nSPS) is 25.9. The predicted octanol–water partition coefficient (Wildman–Crippen LogP) is 1.83. The fourth-order valence-corrected chi connectivity index (χ4v) is 4.73. The molecule has 2 amide bonds. The second kappa shape index (κ2) is 10.8. The number of ether oxygens (including phenoxy) is 2. The number of fused-ring (bicyclic) bond motifs is 2. The Bertz CT molecular complexity index is 659. The lowest BCUT2D eigenvalue weighted by molar-refractivity contribution is -0.148. The average Bonchev–Trinajstić information content (AvgIpc) is 3.32. The van der Waals surface area contributed by atoms with E-state index in [0.717, 1.165) is 0 Å². The first-order valence-electron chi connectivity index (χ1n) is 11.0. The Labute approximate surface area is 184 Å². The highest BCUT2D eigenvalue weighted by Gasteiger charge is 2.52. The number of carbonyl (C=O) groups is 4. The van der Waals surface area contributed by atoms with Gasteiger partial charge in [-0.15, -0.1) is 0 Å². The molecule has 174 valence electrons. The molecule has 2 rings (SSSR count). The highest BCUT2D eigenvalue weighted by atomic mass is 16.5. The Morgan fingerprint density at radius 1 is 0.774 bits per heavy atom. The van der Waals surface area contributed by atoms with Gasteiger partial charge in [0, 0.05) is 0 Å². The van der Waals surface area contributed by atoms with E-state index in [0.29, 0.717) is 19.3 Å². The summed E-state index contributed by atoms with van der Waals surface area (Å²) in [7, 11) is 2.58. The molecule has 0 spiro atoms. The summed E-state index contributed by atoms with van der Waals surface area (Å²) in [5.41, 5.74) is 0. The van der Waals surface area contributed by atoms with Gasteiger partial charge in [-0.2, -0.15) is 0 Å². The first-order valence-corrected chi connectivity index (χ1v) is 11.0. The maximum atomic E-state index is 13.2. The number of esters is 2.